The van der Waals surface area contributed by atoms with E-state index in [1.165, 1.54) is 13.2 Å². The Balaban J connectivity index is 1.44. The number of benzene rings is 1. The van der Waals surface area contributed by atoms with Crippen LogP contribution in [-0.4, -0.2) is 40.8 Å². The third kappa shape index (κ3) is 5.90. The third-order valence-corrected chi connectivity index (χ3v) is 4.17. The van der Waals surface area contributed by atoms with Crippen LogP contribution in [0.2, 0.25) is 0 Å². The van der Waals surface area contributed by atoms with Crippen molar-refractivity contribution in [3.63, 3.8) is 0 Å². The number of carbonyl (C=O) groups is 1. The van der Waals surface area contributed by atoms with E-state index in [4.69, 9.17) is 4.74 Å². The molecule has 0 saturated heterocycles. The molecule has 2 amide bonds. The number of halogens is 2. The highest BCUT2D eigenvalue weighted by Gasteiger charge is 2.11. The molecule has 2 heterocycles. The average molecular weight is 417 g/mol. The van der Waals surface area contributed by atoms with Crippen molar-refractivity contribution >= 4 is 6.03 Å². The van der Waals surface area contributed by atoms with Crippen LogP contribution in [0.1, 0.15) is 11.1 Å². The van der Waals surface area contributed by atoms with E-state index in [1.54, 1.807) is 41.6 Å². The lowest BCUT2D eigenvalue weighted by Gasteiger charge is -2.12. The quantitative estimate of drug-likeness (QED) is 0.559. The smallest absolute Gasteiger partial charge is 0.387 e. The summed E-state index contributed by atoms with van der Waals surface area (Å²) in [5, 5.41) is 5.46. The maximum Gasteiger partial charge on any atom is 0.387 e. The monoisotopic (exact) mass is 417 g/mol. The Hall–Kier alpha value is -3.69. The van der Waals surface area contributed by atoms with Crippen LogP contribution in [0.15, 0.2) is 55.2 Å². The van der Waals surface area contributed by atoms with Gasteiger partial charge in [-0.1, -0.05) is 12.1 Å². The molecule has 158 valence electrons. The fraction of sp³-hybridized carbons (Fsp3) is 0.250. The first-order chi connectivity index (χ1) is 14.5. The number of methoxy groups -OCH3 is 1. The number of ether oxygens (including phenoxy) is 2. The lowest BCUT2D eigenvalue weighted by molar-refractivity contribution is -0.0512. The number of pyridine rings is 1. The van der Waals surface area contributed by atoms with E-state index in [0.717, 1.165) is 16.9 Å². The number of imidazole rings is 1. The van der Waals surface area contributed by atoms with Gasteiger partial charge in [-0.15, -0.1) is 0 Å². The molecule has 30 heavy (non-hydrogen) atoms. The molecule has 0 bridgehead atoms. The maximum absolute atomic E-state index is 12.5. The Labute approximate surface area is 171 Å². The fourth-order valence-electron chi connectivity index (χ4n) is 2.70. The van der Waals surface area contributed by atoms with Gasteiger partial charge in [0.1, 0.15) is 12.1 Å². The number of urea groups is 1. The van der Waals surface area contributed by atoms with Crippen molar-refractivity contribution in [2.24, 2.45) is 0 Å². The number of hydrogen-bond donors (Lipinski definition) is 2. The molecular weight excluding hydrogens is 396 g/mol. The summed E-state index contributed by atoms with van der Waals surface area (Å²) in [6.45, 7) is -2.30. The Morgan fingerprint density at radius 1 is 1.17 bits per heavy atom. The number of nitrogens with one attached hydrogen (secondary N) is 2. The van der Waals surface area contributed by atoms with Gasteiger partial charge in [0.05, 0.1) is 7.11 Å². The van der Waals surface area contributed by atoms with Crippen LogP contribution in [0.5, 0.6) is 11.5 Å². The van der Waals surface area contributed by atoms with Gasteiger partial charge in [0.15, 0.2) is 11.5 Å². The van der Waals surface area contributed by atoms with Crippen molar-refractivity contribution in [2.45, 2.75) is 19.6 Å². The fourth-order valence-corrected chi connectivity index (χ4v) is 2.70. The summed E-state index contributed by atoms with van der Waals surface area (Å²) in [6, 6.07) is 8.10. The van der Waals surface area contributed by atoms with Crippen LogP contribution in [0, 0.1) is 0 Å². The van der Waals surface area contributed by atoms with Gasteiger partial charge >= 0.3 is 12.6 Å². The molecule has 2 N–H and O–H groups in total. The van der Waals surface area contributed by atoms with Gasteiger partial charge < -0.3 is 20.1 Å². The minimum Gasteiger partial charge on any atom is -0.493 e. The second kappa shape index (κ2) is 10.2. The normalized spacial score (nSPS) is 10.7. The molecule has 10 heteroatoms. The van der Waals surface area contributed by atoms with E-state index in [2.05, 4.69) is 25.3 Å². The van der Waals surface area contributed by atoms with Gasteiger partial charge in [-0.2, -0.15) is 8.78 Å². The van der Waals surface area contributed by atoms with Gasteiger partial charge in [0.25, 0.3) is 0 Å². The van der Waals surface area contributed by atoms with Gasteiger partial charge in [0, 0.05) is 31.7 Å². The standard InChI is InChI=1S/C20H21F2N5O3/c1-29-16-4-2-14(10-17(16)30-19(21)22)6-7-24-20(28)26-12-15-3-5-18(25-11-15)27-9-8-23-13-27/h2-5,8-11,13,19H,6-7,12H2,1H3,(H2,24,26,28). The zero-order valence-electron chi connectivity index (χ0n) is 16.2. The highest BCUT2D eigenvalue weighted by molar-refractivity contribution is 5.73. The van der Waals surface area contributed by atoms with Crippen molar-refractivity contribution in [1.29, 1.82) is 0 Å². The summed E-state index contributed by atoms with van der Waals surface area (Å²) < 4.78 is 36.2. The third-order valence-electron chi connectivity index (χ3n) is 4.17. The Morgan fingerprint density at radius 2 is 2.00 bits per heavy atom. The number of amides is 2. The molecule has 0 radical (unpaired) electrons. The summed E-state index contributed by atoms with van der Waals surface area (Å²) in [5.41, 5.74) is 1.57. The Kier molecular flexibility index (Phi) is 7.14. The van der Waals surface area contributed by atoms with Crippen LogP contribution < -0.4 is 20.1 Å². The lowest BCUT2D eigenvalue weighted by atomic mass is 10.1. The second-order valence-electron chi connectivity index (χ2n) is 6.22. The molecule has 0 spiro atoms. The summed E-state index contributed by atoms with van der Waals surface area (Å²) in [5.74, 6) is 0.911. The second-order valence-corrected chi connectivity index (χ2v) is 6.22. The number of aromatic nitrogens is 3. The summed E-state index contributed by atoms with van der Waals surface area (Å²) in [6.07, 6.45) is 7.23. The van der Waals surface area contributed by atoms with Gasteiger partial charge in [-0.25, -0.2) is 14.8 Å². The first kappa shape index (κ1) is 21.0. The van der Waals surface area contributed by atoms with Crippen LogP contribution in [0.4, 0.5) is 13.6 Å². The van der Waals surface area contributed by atoms with Crippen molar-refractivity contribution in [3.05, 3.63) is 66.4 Å². The molecule has 3 aromatic rings. The molecule has 2 aromatic heterocycles. The van der Waals surface area contributed by atoms with Crippen molar-refractivity contribution in [1.82, 2.24) is 25.2 Å². The number of hydrogen-bond acceptors (Lipinski definition) is 5. The van der Waals surface area contributed by atoms with Crippen LogP contribution in [0.25, 0.3) is 5.82 Å². The highest BCUT2D eigenvalue weighted by Crippen LogP contribution is 2.29. The van der Waals surface area contributed by atoms with E-state index < -0.39 is 6.61 Å². The van der Waals surface area contributed by atoms with E-state index in [1.807, 2.05) is 12.1 Å². The van der Waals surface area contributed by atoms with E-state index in [9.17, 15) is 13.6 Å². The van der Waals surface area contributed by atoms with E-state index >= 15 is 0 Å². The summed E-state index contributed by atoms with van der Waals surface area (Å²) >= 11 is 0. The lowest BCUT2D eigenvalue weighted by Crippen LogP contribution is -2.36. The Morgan fingerprint density at radius 3 is 2.67 bits per heavy atom. The molecule has 0 fully saturated rings. The molecule has 0 aliphatic heterocycles. The SMILES string of the molecule is COc1ccc(CCNC(=O)NCc2ccc(-n3ccnc3)nc2)cc1OC(F)F. The number of rotatable bonds is 9. The summed E-state index contributed by atoms with van der Waals surface area (Å²) in [7, 11) is 1.38. The highest BCUT2D eigenvalue weighted by atomic mass is 19.3. The topological polar surface area (TPSA) is 90.3 Å². The van der Waals surface area contributed by atoms with E-state index in [0.29, 0.717) is 19.5 Å². The molecule has 0 atom stereocenters. The molecular formula is C20H21F2N5O3. The first-order valence-corrected chi connectivity index (χ1v) is 9.12. The van der Waals surface area contributed by atoms with Gasteiger partial charge in [-0.3, -0.25) is 4.57 Å². The molecule has 0 aliphatic rings. The molecule has 3 rings (SSSR count). The van der Waals surface area contributed by atoms with Crippen LogP contribution >= 0.6 is 0 Å². The summed E-state index contributed by atoms with van der Waals surface area (Å²) in [4.78, 5) is 20.3. The Bertz CT molecular complexity index is 950. The molecule has 1 aromatic carbocycles. The van der Waals surface area contributed by atoms with E-state index in [-0.39, 0.29) is 17.5 Å². The van der Waals surface area contributed by atoms with Gasteiger partial charge in [0.2, 0.25) is 0 Å². The first-order valence-electron chi connectivity index (χ1n) is 9.12. The molecule has 0 aliphatic carbocycles. The maximum atomic E-state index is 12.5. The minimum absolute atomic E-state index is 0.0407. The van der Waals surface area contributed by atoms with Crippen LogP contribution in [-0.2, 0) is 13.0 Å². The zero-order valence-corrected chi connectivity index (χ0v) is 16.2. The zero-order chi connectivity index (χ0) is 21.3. The van der Waals surface area contributed by atoms with Gasteiger partial charge in [-0.05, 0) is 35.7 Å². The predicted octanol–water partition coefficient (Wildman–Crippen LogP) is 2.92. The average Bonchev–Trinajstić information content (AvgIpc) is 3.27. The largest absolute Gasteiger partial charge is 0.493 e. The van der Waals surface area contributed by atoms with Crippen LogP contribution in [0.3, 0.4) is 0 Å². The van der Waals surface area contributed by atoms with Crippen molar-refractivity contribution < 1.29 is 23.0 Å². The number of carbonyl (C=O) groups excluding carboxylic acids is 1. The molecule has 0 saturated carbocycles. The van der Waals surface area contributed by atoms with Crippen molar-refractivity contribution in [3.8, 4) is 17.3 Å². The molecule has 0 unspecified atom stereocenters. The minimum atomic E-state index is -2.94. The molecule has 8 nitrogen and oxygen atoms in total. The predicted molar refractivity (Wildman–Crippen MR) is 105 cm³/mol. The number of nitrogens with zero attached hydrogens (tertiary/aromatic N) is 3. The van der Waals surface area contributed by atoms with Crippen molar-refractivity contribution in [2.75, 3.05) is 13.7 Å². The number of alkyl halides is 2.